The fraction of sp³-hybridized carbons (Fsp3) is 0.357. The van der Waals surface area contributed by atoms with E-state index in [1.807, 2.05) is 74.5 Å². The average molecular weight is 789 g/mol. The van der Waals surface area contributed by atoms with Crippen LogP contribution in [0.3, 0.4) is 0 Å². The zero-order valence-electron chi connectivity index (χ0n) is 32.3. The highest BCUT2D eigenvalue weighted by Crippen LogP contribution is 2.48. The van der Waals surface area contributed by atoms with Crippen LogP contribution in [0.1, 0.15) is 84.9 Å². The minimum absolute atomic E-state index is 0.00389. The van der Waals surface area contributed by atoms with Gasteiger partial charge in [-0.05, 0) is 61.5 Å². The Morgan fingerprint density at radius 3 is 2.11 bits per heavy atom. The van der Waals surface area contributed by atoms with Crippen molar-refractivity contribution in [3.05, 3.63) is 113 Å². The number of hydrogen-bond acceptors (Lipinski definition) is 9. The van der Waals surface area contributed by atoms with Crippen molar-refractivity contribution in [1.29, 1.82) is 0 Å². The molecule has 0 saturated carbocycles. The van der Waals surface area contributed by atoms with Gasteiger partial charge in [0.15, 0.2) is 5.76 Å². The first-order valence-corrected chi connectivity index (χ1v) is 20.8. The molecule has 0 aliphatic rings. The second-order valence-electron chi connectivity index (χ2n) is 13.1. The maximum absolute atomic E-state index is 13.6. The first-order valence-electron chi connectivity index (χ1n) is 18.8. The number of benzene rings is 3. The molecule has 4 N–H and O–H groups in total. The number of unbranched alkanes of at least 4 members (excludes halogenated alkanes) is 2. The van der Waals surface area contributed by atoms with Crippen LogP contribution in [0, 0.1) is 5.92 Å². The smallest absolute Gasteiger partial charge is 0.288 e. The molecule has 0 spiro atoms. The Kier molecular flexibility index (Phi) is 17.4. The zero-order chi connectivity index (χ0) is 40.3. The molecule has 2 unspecified atom stereocenters. The predicted octanol–water partition coefficient (Wildman–Crippen LogP) is 7.37. The molecule has 1 heterocycles. The number of hydrogen-bond donors (Lipinski definition) is 4. The molecule has 0 aliphatic heterocycles. The normalized spacial score (nSPS) is 12.3. The zero-order valence-corrected chi connectivity index (χ0v) is 33.2. The molecule has 0 saturated heterocycles. The van der Waals surface area contributed by atoms with E-state index in [0.717, 1.165) is 30.4 Å². The largest absolute Gasteiger partial charge is 0.493 e. The van der Waals surface area contributed by atoms with Gasteiger partial charge < -0.3 is 34.2 Å². The van der Waals surface area contributed by atoms with Gasteiger partial charge in [0, 0.05) is 5.56 Å². The maximum atomic E-state index is 13.6. The third kappa shape index (κ3) is 12.9. The number of furan rings is 1. The number of ether oxygens (including phenoxy) is 1. The van der Waals surface area contributed by atoms with Crippen LogP contribution in [-0.4, -0.2) is 66.3 Å². The SMILES string of the molecule is C=P(CNC(=O)c1ccc(-c2ccc(C(=O)NCNC(=O)C(CCCCC)C(CC)N(O)C=O)o2)cc1OCC)(OCc1ccccc1)OCc1ccccc1. The van der Waals surface area contributed by atoms with Crippen molar-refractivity contribution in [2.45, 2.75) is 72.1 Å². The summed E-state index contributed by atoms with van der Waals surface area (Å²) in [6.45, 7) is 6.28. The molecule has 4 amide bonds. The molecule has 2 atom stereocenters. The van der Waals surface area contributed by atoms with Gasteiger partial charge in [0.05, 0.1) is 50.3 Å². The highest BCUT2D eigenvalue weighted by molar-refractivity contribution is 7.64. The Morgan fingerprint density at radius 1 is 0.857 bits per heavy atom. The lowest BCUT2D eigenvalue weighted by molar-refractivity contribution is -0.168. The second kappa shape index (κ2) is 22.4. The van der Waals surface area contributed by atoms with Gasteiger partial charge in [0.1, 0.15) is 18.8 Å². The molecular formula is C42H53N4O9P. The van der Waals surface area contributed by atoms with Crippen LogP contribution in [-0.2, 0) is 31.9 Å². The van der Waals surface area contributed by atoms with E-state index in [4.69, 9.17) is 18.2 Å². The van der Waals surface area contributed by atoms with Crippen molar-refractivity contribution in [2.75, 3.05) is 19.6 Å². The molecule has 300 valence electrons. The molecule has 0 radical (unpaired) electrons. The van der Waals surface area contributed by atoms with E-state index >= 15 is 0 Å². The number of carbonyl (C=O) groups excluding carboxylic acids is 4. The van der Waals surface area contributed by atoms with Gasteiger partial charge in [-0.3, -0.25) is 24.4 Å². The van der Waals surface area contributed by atoms with Gasteiger partial charge in [-0.1, -0.05) is 99.8 Å². The number of nitrogens with zero attached hydrogens (tertiary/aromatic N) is 1. The summed E-state index contributed by atoms with van der Waals surface area (Å²) in [4.78, 5) is 50.9. The minimum atomic E-state index is -2.83. The number of rotatable bonds is 24. The number of carbonyl (C=O) groups is 4. The summed E-state index contributed by atoms with van der Waals surface area (Å²) in [5.74, 6) is -1.33. The van der Waals surface area contributed by atoms with E-state index in [-0.39, 0.29) is 50.0 Å². The molecule has 0 aliphatic carbocycles. The standard InChI is InChI=1S/C42H53N4O9P/c1-5-8-11-20-34(36(6-2)46(51)30-47)40(48)43-28-44-42(50)38-24-23-37(55-38)33-21-22-35(39(25-33)52-7-3)41(49)45-29-56(4,53-26-31-16-12-9-13-17-31)54-27-32-18-14-10-15-19-32/h9-10,12-19,21-25,30,34,36,51H,4-8,11,20,26-29H2,1-3H3,(H,43,48)(H,44,50)(H,45,49). The van der Waals surface area contributed by atoms with Gasteiger partial charge in [0.2, 0.25) is 12.3 Å². The molecular weight excluding hydrogens is 735 g/mol. The summed E-state index contributed by atoms with van der Waals surface area (Å²) in [5, 5.41) is 18.9. The van der Waals surface area contributed by atoms with Crippen LogP contribution in [0.4, 0.5) is 0 Å². The molecule has 0 bridgehead atoms. The van der Waals surface area contributed by atoms with Crippen LogP contribution in [0.25, 0.3) is 11.3 Å². The lowest BCUT2D eigenvalue weighted by Gasteiger charge is -2.29. The number of nitrogens with one attached hydrogen (secondary N) is 3. The Labute approximate surface area is 328 Å². The summed E-state index contributed by atoms with van der Waals surface area (Å²) in [6, 6.07) is 26.7. The Balaban J connectivity index is 1.40. The Hall–Kier alpha value is -5.20. The van der Waals surface area contributed by atoms with E-state index in [1.54, 1.807) is 31.2 Å². The molecule has 1 aromatic heterocycles. The maximum Gasteiger partial charge on any atom is 0.288 e. The molecule has 4 aromatic rings. The fourth-order valence-corrected chi connectivity index (χ4v) is 7.39. The fourth-order valence-electron chi connectivity index (χ4n) is 5.98. The van der Waals surface area contributed by atoms with Gasteiger partial charge in [0.25, 0.3) is 11.8 Å². The van der Waals surface area contributed by atoms with Gasteiger partial charge in [-0.2, -0.15) is 0 Å². The van der Waals surface area contributed by atoms with Crippen molar-refractivity contribution >= 4 is 37.8 Å². The summed E-state index contributed by atoms with van der Waals surface area (Å²) in [6.07, 6.45) is 8.11. The Bertz CT molecular complexity index is 1860. The topological polar surface area (TPSA) is 169 Å². The summed E-state index contributed by atoms with van der Waals surface area (Å²) in [5.41, 5.74) is 2.75. The summed E-state index contributed by atoms with van der Waals surface area (Å²) >= 11 is 0. The number of hydroxylamine groups is 2. The van der Waals surface area contributed by atoms with E-state index in [1.165, 1.54) is 6.07 Å². The van der Waals surface area contributed by atoms with Crippen molar-refractivity contribution in [3.63, 3.8) is 0 Å². The monoisotopic (exact) mass is 788 g/mol. The molecule has 13 nitrogen and oxygen atoms in total. The predicted molar refractivity (Wildman–Crippen MR) is 216 cm³/mol. The van der Waals surface area contributed by atoms with Crippen molar-refractivity contribution in [3.8, 4) is 17.1 Å². The lowest BCUT2D eigenvalue weighted by atomic mass is 9.90. The lowest BCUT2D eigenvalue weighted by Crippen LogP contribution is -2.47. The number of amides is 4. The molecule has 14 heteroatoms. The minimum Gasteiger partial charge on any atom is -0.493 e. The van der Waals surface area contributed by atoms with Crippen molar-refractivity contribution in [2.24, 2.45) is 5.92 Å². The molecule has 4 rings (SSSR count). The molecule has 3 aromatic carbocycles. The van der Waals surface area contributed by atoms with E-state index < -0.39 is 31.1 Å². The highest BCUT2D eigenvalue weighted by Gasteiger charge is 2.31. The quantitative estimate of drug-likeness (QED) is 0.0142. The van der Waals surface area contributed by atoms with Gasteiger partial charge in [-0.15, -0.1) is 0 Å². The van der Waals surface area contributed by atoms with E-state index in [2.05, 4.69) is 22.2 Å². The van der Waals surface area contributed by atoms with E-state index in [0.29, 0.717) is 41.4 Å². The molecule has 56 heavy (non-hydrogen) atoms. The highest BCUT2D eigenvalue weighted by atomic mass is 31.2. The van der Waals surface area contributed by atoms with Gasteiger partial charge >= 0.3 is 0 Å². The molecule has 0 fully saturated rings. The van der Waals surface area contributed by atoms with Crippen LogP contribution >= 0.6 is 7.34 Å². The van der Waals surface area contributed by atoms with Crippen LogP contribution in [0.2, 0.25) is 0 Å². The van der Waals surface area contributed by atoms with E-state index in [9.17, 15) is 24.4 Å². The second-order valence-corrected chi connectivity index (χ2v) is 15.6. The average Bonchev–Trinajstić information content (AvgIpc) is 3.73. The third-order valence-electron chi connectivity index (χ3n) is 9.04. The van der Waals surface area contributed by atoms with Crippen molar-refractivity contribution in [1.82, 2.24) is 21.0 Å². The first-order chi connectivity index (χ1) is 27.1. The third-order valence-corrected chi connectivity index (χ3v) is 10.9. The first kappa shape index (κ1) is 43.5. The van der Waals surface area contributed by atoms with Gasteiger partial charge in [-0.25, -0.2) is 5.06 Å². The summed E-state index contributed by atoms with van der Waals surface area (Å²) in [7, 11) is -2.83. The van der Waals surface area contributed by atoms with Crippen LogP contribution in [0.5, 0.6) is 5.75 Å². The summed E-state index contributed by atoms with van der Waals surface area (Å²) < 4.78 is 24.2. The Morgan fingerprint density at radius 2 is 1.52 bits per heavy atom. The van der Waals surface area contributed by atoms with Crippen LogP contribution < -0.4 is 20.7 Å². The van der Waals surface area contributed by atoms with Crippen LogP contribution in [0.15, 0.2) is 95.4 Å². The van der Waals surface area contributed by atoms with Crippen molar-refractivity contribution < 1.29 is 42.6 Å².